The van der Waals surface area contributed by atoms with Gasteiger partial charge in [-0.05, 0) is 66.7 Å². The molecule has 0 saturated heterocycles. The maximum Gasteiger partial charge on any atom is 0.154 e. The average Bonchev–Trinajstić information content (AvgIpc) is 2.88. The van der Waals surface area contributed by atoms with E-state index in [0.29, 0.717) is 10.9 Å². The van der Waals surface area contributed by atoms with E-state index in [4.69, 9.17) is 21.3 Å². The third kappa shape index (κ3) is 3.75. The first-order chi connectivity index (χ1) is 13.1. The van der Waals surface area contributed by atoms with E-state index in [9.17, 15) is 0 Å². The molecule has 134 valence electrons. The summed E-state index contributed by atoms with van der Waals surface area (Å²) in [5.41, 5.74) is 7.57. The maximum atomic E-state index is 6.01. The fourth-order valence-electron chi connectivity index (χ4n) is 2.82. The van der Waals surface area contributed by atoms with Crippen molar-refractivity contribution in [2.45, 2.75) is 0 Å². The molecule has 0 spiro atoms. The van der Waals surface area contributed by atoms with Crippen LogP contribution in [0.25, 0.3) is 0 Å². The van der Waals surface area contributed by atoms with Crippen molar-refractivity contribution in [3.05, 3.63) is 92.9 Å². The molecule has 0 amide bonds. The number of amidine groups is 1. The van der Waals surface area contributed by atoms with Crippen molar-refractivity contribution in [2.24, 2.45) is 10.1 Å². The molecule has 27 heavy (non-hydrogen) atoms. The number of hydrogen-bond acceptors (Lipinski definition) is 4. The molecule has 1 aliphatic heterocycles. The first-order valence-electron chi connectivity index (χ1n) is 8.27. The number of rotatable bonds is 3. The average molecular weight is 441 g/mol. The number of halogens is 2. The second kappa shape index (κ2) is 7.55. The predicted octanol–water partition coefficient (Wildman–Crippen LogP) is 5.55. The fourth-order valence-corrected chi connectivity index (χ4v) is 3.30. The Morgan fingerprint density at radius 3 is 2.33 bits per heavy atom. The van der Waals surface area contributed by atoms with E-state index in [2.05, 4.69) is 26.5 Å². The van der Waals surface area contributed by atoms with Crippen molar-refractivity contribution < 1.29 is 4.74 Å². The second-order valence-corrected chi connectivity index (χ2v) is 7.28. The monoisotopic (exact) mass is 439 g/mol. The summed E-state index contributed by atoms with van der Waals surface area (Å²) in [6, 6.07) is 21.3. The first kappa shape index (κ1) is 17.8. The van der Waals surface area contributed by atoms with Crippen LogP contribution in [0.2, 0.25) is 5.02 Å². The number of ether oxygens (including phenoxy) is 1. The molecule has 0 saturated carbocycles. The predicted molar refractivity (Wildman–Crippen MR) is 114 cm³/mol. The number of hydrogen-bond donors (Lipinski definition) is 1. The van der Waals surface area contributed by atoms with Crippen LogP contribution in [0.1, 0.15) is 16.7 Å². The molecular formula is C21H15BrClN3O. The van der Waals surface area contributed by atoms with Crippen LogP contribution in [-0.2, 0) is 0 Å². The molecule has 0 radical (unpaired) electrons. The van der Waals surface area contributed by atoms with E-state index in [1.807, 2.05) is 66.7 Å². The Balaban J connectivity index is 1.83. The summed E-state index contributed by atoms with van der Waals surface area (Å²) in [7, 11) is 1.65. The summed E-state index contributed by atoms with van der Waals surface area (Å²) in [4.78, 5) is 4.79. The van der Waals surface area contributed by atoms with Gasteiger partial charge in [-0.3, -0.25) is 5.43 Å². The Morgan fingerprint density at radius 2 is 1.63 bits per heavy atom. The van der Waals surface area contributed by atoms with Crippen molar-refractivity contribution >= 4 is 44.8 Å². The highest BCUT2D eigenvalue weighted by Crippen LogP contribution is 2.29. The van der Waals surface area contributed by atoms with E-state index in [-0.39, 0.29) is 0 Å². The van der Waals surface area contributed by atoms with Gasteiger partial charge in [0, 0.05) is 26.2 Å². The molecule has 0 fully saturated rings. The lowest BCUT2D eigenvalue weighted by atomic mass is 10.0. The van der Waals surface area contributed by atoms with Crippen molar-refractivity contribution in [2.75, 3.05) is 7.11 Å². The fraction of sp³-hybridized carbons (Fsp3) is 0.0476. The van der Waals surface area contributed by atoms with Gasteiger partial charge >= 0.3 is 0 Å². The van der Waals surface area contributed by atoms with E-state index in [1.54, 1.807) is 7.11 Å². The molecule has 4 nitrogen and oxygen atoms in total. The van der Waals surface area contributed by atoms with Gasteiger partial charge in [-0.25, -0.2) is 4.99 Å². The van der Waals surface area contributed by atoms with Crippen molar-refractivity contribution in [3.8, 4) is 5.75 Å². The molecule has 0 unspecified atom stereocenters. The van der Waals surface area contributed by atoms with Gasteiger partial charge in [-0.15, -0.1) is 0 Å². The molecule has 1 aliphatic rings. The Labute approximate surface area is 170 Å². The number of aliphatic imine (C=N–C) groups is 1. The lowest BCUT2D eigenvalue weighted by Crippen LogP contribution is -2.19. The zero-order chi connectivity index (χ0) is 18.8. The lowest BCUT2D eigenvalue weighted by molar-refractivity contribution is 0.415. The third-order valence-corrected chi connectivity index (χ3v) is 4.95. The number of fused-ring (bicyclic) bond motifs is 1. The van der Waals surface area contributed by atoms with E-state index in [1.165, 1.54) is 0 Å². The van der Waals surface area contributed by atoms with Crippen molar-refractivity contribution in [1.29, 1.82) is 0 Å². The minimum Gasteiger partial charge on any atom is -0.497 e. The van der Waals surface area contributed by atoms with Crippen LogP contribution >= 0.6 is 27.5 Å². The molecule has 0 bridgehead atoms. The minimum absolute atomic E-state index is 0.666. The van der Waals surface area contributed by atoms with Gasteiger partial charge in [-0.1, -0.05) is 27.5 Å². The van der Waals surface area contributed by atoms with Crippen LogP contribution in [0.15, 0.2) is 81.3 Å². The molecule has 6 heteroatoms. The summed E-state index contributed by atoms with van der Waals surface area (Å²) in [6.45, 7) is 0. The zero-order valence-corrected chi connectivity index (χ0v) is 16.8. The highest BCUT2D eigenvalue weighted by molar-refractivity contribution is 9.10. The van der Waals surface area contributed by atoms with Gasteiger partial charge in [0.05, 0.1) is 12.8 Å². The first-order valence-corrected chi connectivity index (χ1v) is 9.44. The number of nitrogens with zero attached hydrogens (tertiary/aromatic N) is 2. The van der Waals surface area contributed by atoms with E-state index < -0.39 is 0 Å². The van der Waals surface area contributed by atoms with Gasteiger partial charge in [0.1, 0.15) is 11.5 Å². The van der Waals surface area contributed by atoms with Gasteiger partial charge in [0.15, 0.2) is 5.84 Å². The Kier molecular flexibility index (Phi) is 4.97. The Morgan fingerprint density at radius 1 is 0.926 bits per heavy atom. The SMILES string of the molecule is COc1ccc(C2=NNC(c3ccc(Cl)cc3)=Nc3ccc(Br)cc32)cc1. The van der Waals surface area contributed by atoms with E-state index >= 15 is 0 Å². The van der Waals surface area contributed by atoms with Crippen LogP contribution < -0.4 is 10.2 Å². The Hall–Kier alpha value is -2.63. The minimum atomic E-state index is 0.666. The number of nitrogens with one attached hydrogen (secondary N) is 1. The molecule has 0 aromatic heterocycles. The zero-order valence-electron chi connectivity index (χ0n) is 14.4. The van der Waals surface area contributed by atoms with Crippen LogP contribution in [0.4, 0.5) is 5.69 Å². The topological polar surface area (TPSA) is 46.0 Å². The summed E-state index contributed by atoms with van der Waals surface area (Å²) < 4.78 is 6.22. The normalized spacial score (nSPS) is 13.0. The molecule has 1 heterocycles. The molecule has 0 aliphatic carbocycles. The largest absolute Gasteiger partial charge is 0.497 e. The highest BCUT2D eigenvalue weighted by atomic mass is 79.9. The molecular weight excluding hydrogens is 426 g/mol. The summed E-state index contributed by atoms with van der Waals surface area (Å²) in [5.74, 6) is 1.47. The second-order valence-electron chi connectivity index (χ2n) is 5.93. The number of benzene rings is 3. The summed E-state index contributed by atoms with van der Waals surface area (Å²) in [5, 5.41) is 5.33. The molecule has 3 aromatic carbocycles. The molecule has 1 N–H and O–H groups in total. The molecule has 3 aromatic rings. The number of methoxy groups -OCH3 is 1. The number of hydrazone groups is 1. The highest BCUT2D eigenvalue weighted by Gasteiger charge is 2.17. The lowest BCUT2D eigenvalue weighted by Gasteiger charge is -2.09. The molecule has 0 atom stereocenters. The Bertz CT molecular complexity index is 1040. The standard InChI is InChI=1S/C21H15BrClN3O/c1-27-17-9-4-13(5-10-17)20-18-12-15(22)6-11-19(18)24-21(26-25-20)14-2-7-16(23)8-3-14/h2-12H,1H3,(H,24,26). The van der Waals surface area contributed by atoms with Crippen LogP contribution in [-0.4, -0.2) is 18.7 Å². The van der Waals surface area contributed by atoms with E-state index in [0.717, 1.165) is 38.3 Å². The molecule has 4 rings (SSSR count). The van der Waals surface area contributed by atoms with Crippen LogP contribution in [0.5, 0.6) is 5.75 Å². The van der Waals surface area contributed by atoms with Crippen molar-refractivity contribution in [3.63, 3.8) is 0 Å². The summed E-state index contributed by atoms with van der Waals surface area (Å²) >= 11 is 9.55. The van der Waals surface area contributed by atoms with Crippen LogP contribution in [0.3, 0.4) is 0 Å². The van der Waals surface area contributed by atoms with Gasteiger partial charge < -0.3 is 4.74 Å². The van der Waals surface area contributed by atoms with Crippen molar-refractivity contribution in [1.82, 2.24) is 5.43 Å². The van der Waals surface area contributed by atoms with Gasteiger partial charge in [-0.2, -0.15) is 5.10 Å². The smallest absolute Gasteiger partial charge is 0.154 e. The van der Waals surface area contributed by atoms with Gasteiger partial charge in [0.2, 0.25) is 0 Å². The maximum absolute atomic E-state index is 6.01. The van der Waals surface area contributed by atoms with Gasteiger partial charge in [0.25, 0.3) is 0 Å². The summed E-state index contributed by atoms with van der Waals surface area (Å²) in [6.07, 6.45) is 0. The third-order valence-electron chi connectivity index (χ3n) is 4.20. The quantitative estimate of drug-likeness (QED) is 0.581. The van der Waals surface area contributed by atoms with Crippen LogP contribution in [0, 0.1) is 0 Å².